The first-order valence-corrected chi connectivity index (χ1v) is 6.27. The molecule has 90 valence electrons. The molecular formula is C11H11FIN3O. The molecule has 1 heterocycles. The molecule has 0 saturated heterocycles. The molecule has 1 N–H and O–H groups in total. The van der Waals surface area contributed by atoms with E-state index in [1.54, 1.807) is 6.07 Å². The van der Waals surface area contributed by atoms with E-state index in [1.165, 1.54) is 12.1 Å². The average Bonchev–Trinajstić information content (AvgIpc) is 2.75. The second-order valence-corrected chi connectivity index (χ2v) is 4.58. The SMILES string of the molecule is CCNCc1noc(-c2ccc(F)cc2I)n1. The molecule has 0 aliphatic heterocycles. The second kappa shape index (κ2) is 5.54. The lowest BCUT2D eigenvalue weighted by Crippen LogP contribution is -2.12. The van der Waals surface area contributed by atoms with Gasteiger partial charge >= 0.3 is 0 Å². The van der Waals surface area contributed by atoms with Crippen LogP contribution in [0.4, 0.5) is 4.39 Å². The van der Waals surface area contributed by atoms with Crippen LogP contribution in [0.5, 0.6) is 0 Å². The molecule has 2 rings (SSSR count). The van der Waals surface area contributed by atoms with E-state index < -0.39 is 0 Å². The Bertz CT molecular complexity index is 515. The summed E-state index contributed by atoms with van der Waals surface area (Å²) in [6, 6.07) is 4.46. The van der Waals surface area contributed by atoms with Gasteiger partial charge in [0, 0.05) is 3.57 Å². The summed E-state index contributed by atoms with van der Waals surface area (Å²) < 4.78 is 18.8. The highest BCUT2D eigenvalue weighted by molar-refractivity contribution is 14.1. The minimum atomic E-state index is -0.273. The quantitative estimate of drug-likeness (QED) is 0.864. The van der Waals surface area contributed by atoms with Gasteiger partial charge in [0.25, 0.3) is 5.89 Å². The number of benzene rings is 1. The first-order valence-electron chi connectivity index (χ1n) is 5.19. The van der Waals surface area contributed by atoms with E-state index in [2.05, 4.69) is 15.5 Å². The fourth-order valence-corrected chi connectivity index (χ4v) is 2.04. The maximum Gasteiger partial charge on any atom is 0.259 e. The summed E-state index contributed by atoms with van der Waals surface area (Å²) in [5, 5.41) is 6.95. The van der Waals surface area contributed by atoms with E-state index in [-0.39, 0.29) is 5.82 Å². The number of nitrogens with one attached hydrogen (secondary N) is 1. The highest BCUT2D eigenvalue weighted by Gasteiger charge is 2.12. The van der Waals surface area contributed by atoms with E-state index in [9.17, 15) is 4.39 Å². The lowest BCUT2D eigenvalue weighted by atomic mass is 10.2. The first kappa shape index (κ1) is 12.4. The van der Waals surface area contributed by atoms with Gasteiger partial charge < -0.3 is 9.84 Å². The topological polar surface area (TPSA) is 51.0 Å². The zero-order chi connectivity index (χ0) is 12.3. The van der Waals surface area contributed by atoms with Crippen LogP contribution in [0.25, 0.3) is 11.5 Å². The summed E-state index contributed by atoms with van der Waals surface area (Å²) in [4.78, 5) is 4.24. The molecule has 1 aromatic carbocycles. The van der Waals surface area contributed by atoms with Crippen LogP contribution in [0.1, 0.15) is 12.7 Å². The third-order valence-electron chi connectivity index (χ3n) is 2.16. The van der Waals surface area contributed by atoms with Gasteiger partial charge in [-0.1, -0.05) is 12.1 Å². The highest BCUT2D eigenvalue weighted by Crippen LogP contribution is 2.24. The molecule has 0 bridgehead atoms. The summed E-state index contributed by atoms with van der Waals surface area (Å²) in [7, 11) is 0. The zero-order valence-corrected chi connectivity index (χ0v) is 11.4. The Morgan fingerprint density at radius 3 is 3.00 bits per heavy atom. The number of rotatable bonds is 4. The number of aromatic nitrogens is 2. The Labute approximate surface area is 112 Å². The molecule has 1 aromatic heterocycles. The number of hydrogen-bond acceptors (Lipinski definition) is 4. The fourth-order valence-electron chi connectivity index (χ4n) is 1.33. The van der Waals surface area contributed by atoms with Gasteiger partial charge in [0.15, 0.2) is 5.82 Å². The van der Waals surface area contributed by atoms with Gasteiger partial charge in [-0.2, -0.15) is 4.98 Å². The van der Waals surface area contributed by atoms with Crippen molar-refractivity contribution in [1.82, 2.24) is 15.5 Å². The molecule has 0 spiro atoms. The molecule has 2 aromatic rings. The van der Waals surface area contributed by atoms with Gasteiger partial charge in [-0.15, -0.1) is 0 Å². The van der Waals surface area contributed by atoms with Crippen LogP contribution >= 0.6 is 22.6 Å². The standard InChI is InChI=1S/C11H11FIN3O/c1-2-14-6-10-15-11(17-16-10)8-4-3-7(12)5-9(8)13/h3-5,14H,2,6H2,1H3. The molecule has 0 aliphatic rings. The van der Waals surface area contributed by atoms with Crippen molar-refractivity contribution in [2.75, 3.05) is 6.54 Å². The van der Waals surface area contributed by atoms with Gasteiger partial charge in [-0.3, -0.25) is 0 Å². The molecule has 0 radical (unpaired) electrons. The molecule has 4 nitrogen and oxygen atoms in total. The molecular weight excluding hydrogens is 336 g/mol. The van der Waals surface area contributed by atoms with Crippen LogP contribution in [0, 0.1) is 9.39 Å². The molecule has 6 heteroatoms. The molecule has 0 unspecified atom stereocenters. The third-order valence-corrected chi connectivity index (χ3v) is 3.06. The minimum Gasteiger partial charge on any atom is -0.334 e. The molecule has 0 amide bonds. The minimum absolute atomic E-state index is 0.273. The maximum absolute atomic E-state index is 13.0. The number of nitrogens with zero attached hydrogens (tertiary/aromatic N) is 2. The fraction of sp³-hybridized carbons (Fsp3) is 0.273. The van der Waals surface area contributed by atoms with Crippen molar-refractivity contribution in [1.29, 1.82) is 0 Å². The number of hydrogen-bond donors (Lipinski definition) is 1. The Morgan fingerprint density at radius 2 is 2.29 bits per heavy atom. The highest BCUT2D eigenvalue weighted by atomic mass is 127. The third kappa shape index (κ3) is 3.01. The Kier molecular flexibility index (Phi) is 4.06. The van der Waals surface area contributed by atoms with Gasteiger partial charge in [-0.05, 0) is 47.3 Å². The summed E-state index contributed by atoms with van der Waals surface area (Å²) in [5.41, 5.74) is 0.752. The first-order chi connectivity index (χ1) is 8.20. The van der Waals surface area contributed by atoms with Crippen molar-refractivity contribution >= 4 is 22.6 Å². The average molecular weight is 347 g/mol. The second-order valence-electron chi connectivity index (χ2n) is 3.42. The predicted molar refractivity (Wildman–Crippen MR) is 69.8 cm³/mol. The van der Waals surface area contributed by atoms with Crippen LogP contribution in [-0.4, -0.2) is 16.7 Å². The van der Waals surface area contributed by atoms with E-state index in [4.69, 9.17) is 4.52 Å². The summed E-state index contributed by atoms with van der Waals surface area (Å²) in [6.07, 6.45) is 0. The molecule has 0 fully saturated rings. The lowest BCUT2D eigenvalue weighted by molar-refractivity contribution is 0.419. The van der Waals surface area contributed by atoms with E-state index >= 15 is 0 Å². The van der Waals surface area contributed by atoms with Crippen molar-refractivity contribution in [3.05, 3.63) is 33.4 Å². The lowest BCUT2D eigenvalue weighted by Gasteiger charge is -1.98. The van der Waals surface area contributed by atoms with Crippen LogP contribution in [0.2, 0.25) is 0 Å². The molecule has 17 heavy (non-hydrogen) atoms. The summed E-state index contributed by atoms with van der Waals surface area (Å²) in [5.74, 6) is 0.745. The summed E-state index contributed by atoms with van der Waals surface area (Å²) in [6.45, 7) is 3.42. The Morgan fingerprint density at radius 1 is 1.47 bits per heavy atom. The molecule has 0 aliphatic carbocycles. The van der Waals surface area contributed by atoms with Crippen molar-refractivity contribution < 1.29 is 8.91 Å². The van der Waals surface area contributed by atoms with Crippen LogP contribution in [0.15, 0.2) is 22.7 Å². The Balaban J connectivity index is 2.24. The van der Waals surface area contributed by atoms with Crippen LogP contribution in [0.3, 0.4) is 0 Å². The number of halogens is 2. The van der Waals surface area contributed by atoms with Gasteiger partial charge in [0.2, 0.25) is 0 Å². The van der Waals surface area contributed by atoms with E-state index in [0.717, 1.165) is 15.7 Å². The summed E-state index contributed by atoms with van der Waals surface area (Å²) >= 11 is 2.04. The van der Waals surface area contributed by atoms with Gasteiger partial charge in [0.1, 0.15) is 5.82 Å². The van der Waals surface area contributed by atoms with Crippen molar-refractivity contribution in [3.8, 4) is 11.5 Å². The largest absolute Gasteiger partial charge is 0.334 e. The van der Waals surface area contributed by atoms with E-state index in [1.807, 2.05) is 29.5 Å². The maximum atomic E-state index is 13.0. The van der Waals surface area contributed by atoms with Crippen LogP contribution < -0.4 is 5.32 Å². The molecule has 0 saturated carbocycles. The predicted octanol–water partition coefficient (Wildman–Crippen LogP) is 2.59. The molecule has 0 atom stereocenters. The van der Waals surface area contributed by atoms with Crippen LogP contribution in [-0.2, 0) is 6.54 Å². The Hall–Kier alpha value is -1.02. The van der Waals surface area contributed by atoms with E-state index in [0.29, 0.717) is 18.3 Å². The van der Waals surface area contributed by atoms with Crippen molar-refractivity contribution in [2.45, 2.75) is 13.5 Å². The monoisotopic (exact) mass is 347 g/mol. The van der Waals surface area contributed by atoms with Gasteiger partial charge in [0.05, 0.1) is 12.1 Å². The zero-order valence-electron chi connectivity index (χ0n) is 9.20. The van der Waals surface area contributed by atoms with Crippen molar-refractivity contribution in [2.24, 2.45) is 0 Å². The van der Waals surface area contributed by atoms with Crippen molar-refractivity contribution in [3.63, 3.8) is 0 Å². The normalized spacial score (nSPS) is 10.8. The van der Waals surface area contributed by atoms with Gasteiger partial charge in [-0.25, -0.2) is 4.39 Å². The smallest absolute Gasteiger partial charge is 0.259 e.